The molecule has 84 valence electrons. The van der Waals surface area contributed by atoms with Crippen molar-refractivity contribution < 1.29 is 0 Å². The highest BCUT2D eigenvalue weighted by Crippen LogP contribution is 2.27. The Morgan fingerprint density at radius 1 is 1.21 bits per heavy atom. The molecule has 0 N–H and O–H groups in total. The molecule has 0 amide bonds. The fraction of sp³-hybridized carbons (Fsp3) is 1.00. The van der Waals surface area contributed by atoms with Gasteiger partial charge in [0, 0.05) is 21.8 Å². The summed E-state index contributed by atoms with van der Waals surface area (Å²) in [5.41, 5.74) is 2.01. The van der Waals surface area contributed by atoms with Crippen LogP contribution in [0.3, 0.4) is 0 Å². The van der Waals surface area contributed by atoms with Crippen LogP contribution in [0.2, 0.25) is 5.67 Å². The molecule has 0 aromatic carbocycles. The van der Waals surface area contributed by atoms with E-state index in [1.807, 2.05) is 0 Å². The lowest BCUT2D eigenvalue weighted by molar-refractivity contribution is 0.156. The van der Waals surface area contributed by atoms with E-state index in [2.05, 4.69) is 25.3 Å². The maximum atomic E-state index is 2.90. The summed E-state index contributed by atoms with van der Waals surface area (Å²) in [6.07, 6.45) is 7.40. The summed E-state index contributed by atoms with van der Waals surface area (Å²) in [7, 11) is 1.49. The highest BCUT2D eigenvalue weighted by atomic mass is 28.3. The molecule has 14 heavy (non-hydrogen) atoms. The lowest BCUT2D eigenvalue weighted by Gasteiger charge is -2.43. The van der Waals surface area contributed by atoms with Gasteiger partial charge in [-0.2, -0.15) is 0 Å². The highest BCUT2D eigenvalue weighted by molar-refractivity contribution is 6.44. The van der Waals surface area contributed by atoms with Gasteiger partial charge < -0.3 is 4.57 Å². The number of nitrogens with zero attached hydrogens (tertiary/aromatic N) is 1. The smallest absolute Gasteiger partial charge is 0.0926 e. The summed E-state index contributed by atoms with van der Waals surface area (Å²) in [5, 5.41) is 0. The van der Waals surface area contributed by atoms with Gasteiger partial charge in [-0.05, 0) is 33.6 Å². The zero-order valence-corrected chi connectivity index (χ0v) is 13.9. The molecule has 0 radical (unpaired) electrons. The van der Waals surface area contributed by atoms with Crippen molar-refractivity contribution in [1.82, 2.24) is 4.57 Å². The molecule has 1 saturated carbocycles. The van der Waals surface area contributed by atoms with E-state index in [1.165, 1.54) is 42.3 Å². The Bertz CT molecular complexity index is 159. The summed E-state index contributed by atoms with van der Waals surface area (Å²) in [4.78, 5) is 0. The van der Waals surface area contributed by atoms with Gasteiger partial charge in [-0.3, -0.25) is 0 Å². The van der Waals surface area contributed by atoms with E-state index >= 15 is 0 Å². The van der Waals surface area contributed by atoms with Gasteiger partial charge in [0.1, 0.15) is 0 Å². The minimum absolute atomic E-state index is 0.0817. The van der Waals surface area contributed by atoms with Crippen molar-refractivity contribution in [2.24, 2.45) is 0 Å². The van der Waals surface area contributed by atoms with Crippen LogP contribution in [-0.2, 0) is 0 Å². The molecule has 0 bridgehead atoms. The average molecular weight is 230 g/mol. The highest BCUT2D eigenvalue weighted by Gasteiger charge is 2.28. The van der Waals surface area contributed by atoms with E-state index in [0.29, 0.717) is 5.54 Å². The number of hydrogen-bond acceptors (Lipinski definition) is 1. The molecule has 1 aliphatic carbocycles. The molecule has 1 aliphatic rings. The zero-order valence-electron chi connectivity index (χ0n) is 10.5. The van der Waals surface area contributed by atoms with Crippen LogP contribution in [0.15, 0.2) is 0 Å². The third-order valence-electron chi connectivity index (χ3n) is 3.34. The van der Waals surface area contributed by atoms with Crippen molar-refractivity contribution in [1.29, 1.82) is 0 Å². The summed E-state index contributed by atoms with van der Waals surface area (Å²) in [6.45, 7) is 7.23. The molecule has 0 aliphatic heterocycles. The minimum Gasteiger partial charge on any atom is -0.322 e. The Labute approximate surface area is 95.0 Å². The van der Waals surface area contributed by atoms with Crippen molar-refractivity contribution in [3.8, 4) is 0 Å². The molecule has 0 unspecified atom stereocenters. The number of hydrogen-bond donors (Lipinski definition) is 0. The first-order chi connectivity index (χ1) is 6.55. The van der Waals surface area contributed by atoms with Gasteiger partial charge in [-0.1, -0.05) is 24.9 Å². The Morgan fingerprint density at radius 3 is 2.21 bits per heavy atom. The van der Waals surface area contributed by atoms with Crippen LogP contribution in [0, 0.1) is 0 Å². The molecular formula is C11H27NSi2. The van der Waals surface area contributed by atoms with Gasteiger partial charge in [0.2, 0.25) is 0 Å². The van der Waals surface area contributed by atoms with Crippen LogP contribution in [0.5, 0.6) is 0 Å². The van der Waals surface area contributed by atoms with E-state index in [1.54, 1.807) is 5.67 Å². The molecule has 1 rings (SSSR count). The van der Waals surface area contributed by atoms with Gasteiger partial charge >= 0.3 is 0 Å². The predicted octanol–water partition coefficient (Wildman–Crippen LogP) is 1.24. The quantitative estimate of drug-likeness (QED) is 0.659. The van der Waals surface area contributed by atoms with Crippen molar-refractivity contribution in [3.05, 3.63) is 0 Å². The summed E-state index contributed by atoms with van der Waals surface area (Å²) >= 11 is 0. The van der Waals surface area contributed by atoms with Crippen molar-refractivity contribution >= 4 is 19.9 Å². The van der Waals surface area contributed by atoms with E-state index in [4.69, 9.17) is 0 Å². The Hall–Kier alpha value is 0.394. The second-order valence-electron chi connectivity index (χ2n) is 5.66. The topological polar surface area (TPSA) is 3.24 Å². The molecular weight excluding hydrogens is 202 g/mol. The Kier molecular flexibility index (Phi) is 4.87. The standard InChI is InChI=1S/C11H27NSi2/c1-11(2,3)12(14-9-13)10-7-5-4-6-8-10/h10H,4-9,14H2,1-3,13H3. The van der Waals surface area contributed by atoms with Crippen molar-refractivity contribution in [2.75, 3.05) is 0 Å². The molecule has 0 aromatic rings. The summed E-state index contributed by atoms with van der Waals surface area (Å²) in [6, 6.07) is 0.948. The second-order valence-corrected chi connectivity index (χ2v) is 10.8. The third kappa shape index (κ3) is 3.52. The lowest BCUT2D eigenvalue weighted by Crippen LogP contribution is -2.50. The van der Waals surface area contributed by atoms with Crippen LogP contribution in [-0.4, -0.2) is 36.1 Å². The van der Waals surface area contributed by atoms with Crippen molar-refractivity contribution in [2.45, 2.75) is 70.1 Å². The number of rotatable bonds is 3. The van der Waals surface area contributed by atoms with Gasteiger partial charge in [-0.15, -0.1) is 0 Å². The Balaban J connectivity index is 2.56. The molecule has 1 fully saturated rings. The molecule has 3 heteroatoms. The van der Waals surface area contributed by atoms with E-state index in [-0.39, 0.29) is 9.68 Å². The Morgan fingerprint density at radius 2 is 1.79 bits per heavy atom. The average Bonchev–Trinajstić information content (AvgIpc) is 2.14. The fourth-order valence-corrected chi connectivity index (χ4v) is 6.03. The van der Waals surface area contributed by atoms with E-state index < -0.39 is 0 Å². The molecule has 0 atom stereocenters. The van der Waals surface area contributed by atoms with Gasteiger partial charge in [0.15, 0.2) is 0 Å². The van der Waals surface area contributed by atoms with E-state index in [0.717, 1.165) is 6.04 Å². The van der Waals surface area contributed by atoms with Crippen LogP contribution >= 0.6 is 0 Å². The van der Waals surface area contributed by atoms with Crippen LogP contribution in [0.25, 0.3) is 0 Å². The van der Waals surface area contributed by atoms with Gasteiger partial charge in [0.25, 0.3) is 0 Å². The zero-order chi connectivity index (χ0) is 10.6. The molecule has 1 nitrogen and oxygen atoms in total. The van der Waals surface area contributed by atoms with Crippen molar-refractivity contribution in [3.63, 3.8) is 0 Å². The first-order valence-corrected chi connectivity index (χ1v) is 9.37. The minimum atomic E-state index is 0.0817. The fourth-order valence-electron chi connectivity index (χ4n) is 2.70. The molecule has 0 saturated heterocycles. The van der Waals surface area contributed by atoms with Gasteiger partial charge in [0.05, 0.1) is 9.68 Å². The molecule has 0 heterocycles. The molecule has 0 aromatic heterocycles. The predicted molar refractivity (Wildman–Crippen MR) is 71.8 cm³/mol. The third-order valence-corrected chi connectivity index (χ3v) is 7.08. The maximum absolute atomic E-state index is 2.90. The first kappa shape index (κ1) is 12.5. The maximum Gasteiger partial charge on any atom is 0.0926 e. The monoisotopic (exact) mass is 229 g/mol. The van der Waals surface area contributed by atoms with Gasteiger partial charge in [-0.25, -0.2) is 0 Å². The SMILES string of the molecule is CC(C)(C)N([SiH2]C[SiH3])C1CCCCC1. The van der Waals surface area contributed by atoms with E-state index in [9.17, 15) is 0 Å². The lowest BCUT2D eigenvalue weighted by atomic mass is 9.93. The van der Waals surface area contributed by atoms with Crippen LogP contribution in [0.1, 0.15) is 52.9 Å². The second kappa shape index (κ2) is 5.47. The summed E-state index contributed by atoms with van der Waals surface area (Å²) < 4.78 is 2.90. The largest absolute Gasteiger partial charge is 0.322 e. The normalized spacial score (nSPS) is 21.4. The van der Waals surface area contributed by atoms with Crippen LogP contribution < -0.4 is 0 Å². The summed E-state index contributed by atoms with van der Waals surface area (Å²) in [5.74, 6) is 0. The first-order valence-electron chi connectivity index (χ1n) is 6.32. The van der Waals surface area contributed by atoms with Crippen LogP contribution in [0.4, 0.5) is 0 Å². The molecule has 0 spiro atoms.